The highest BCUT2D eigenvalue weighted by Crippen LogP contribution is 2.26. The number of benzene rings is 1. The zero-order chi connectivity index (χ0) is 14.8. The Morgan fingerprint density at radius 3 is 2.67 bits per heavy atom. The Bertz CT molecular complexity index is 772. The first-order valence-electron chi connectivity index (χ1n) is 5.96. The number of pyridine rings is 1. The summed E-state index contributed by atoms with van der Waals surface area (Å²) in [7, 11) is 1.43. The van der Waals surface area contributed by atoms with Gasteiger partial charge in [0.1, 0.15) is 23.1 Å². The average molecular weight is 289 g/mol. The highest BCUT2D eigenvalue weighted by molar-refractivity contribution is 5.59. The van der Waals surface area contributed by atoms with E-state index >= 15 is 0 Å². The summed E-state index contributed by atoms with van der Waals surface area (Å²) in [5, 5.41) is 3.74. The van der Waals surface area contributed by atoms with Crippen LogP contribution in [0.5, 0.6) is 5.75 Å². The second-order valence-corrected chi connectivity index (χ2v) is 4.16. The van der Waals surface area contributed by atoms with Crippen LogP contribution in [0.1, 0.15) is 0 Å². The molecule has 5 nitrogen and oxygen atoms in total. The van der Waals surface area contributed by atoms with Crippen LogP contribution in [0, 0.1) is 11.6 Å². The summed E-state index contributed by atoms with van der Waals surface area (Å²) < 4.78 is 36.3. The van der Waals surface area contributed by atoms with Gasteiger partial charge in [-0.1, -0.05) is 5.16 Å². The molecular weight excluding hydrogens is 280 g/mol. The third-order valence-corrected chi connectivity index (χ3v) is 2.74. The minimum Gasteiger partial charge on any atom is -0.497 e. The van der Waals surface area contributed by atoms with Crippen LogP contribution in [0.3, 0.4) is 0 Å². The van der Waals surface area contributed by atoms with E-state index in [4.69, 9.17) is 9.26 Å². The van der Waals surface area contributed by atoms with Crippen molar-refractivity contribution in [2.75, 3.05) is 7.11 Å². The van der Waals surface area contributed by atoms with E-state index in [1.54, 1.807) is 6.07 Å². The number of nitrogens with zero attached hydrogens (tertiary/aromatic N) is 3. The lowest BCUT2D eigenvalue weighted by Gasteiger charge is -2.01. The minimum atomic E-state index is -0.482. The van der Waals surface area contributed by atoms with Crippen molar-refractivity contribution in [1.29, 1.82) is 0 Å². The largest absolute Gasteiger partial charge is 0.497 e. The third-order valence-electron chi connectivity index (χ3n) is 2.74. The monoisotopic (exact) mass is 289 g/mol. The van der Waals surface area contributed by atoms with Gasteiger partial charge in [-0.2, -0.15) is 4.98 Å². The summed E-state index contributed by atoms with van der Waals surface area (Å²) in [6.07, 6.45) is 1.05. The Kier molecular flexibility index (Phi) is 3.31. The van der Waals surface area contributed by atoms with E-state index in [1.807, 2.05) is 0 Å². The van der Waals surface area contributed by atoms with E-state index in [-0.39, 0.29) is 11.7 Å². The fourth-order valence-electron chi connectivity index (χ4n) is 1.76. The molecule has 2 aromatic heterocycles. The first kappa shape index (κ1) is 13.2. The second-order valence-electron chi connectivity index (χ2n) is 4.16. The number of hydrogen-bond donors (Lipinski definition) is 0. The summed E-state index contributed by atoms with van der Waals surface area (Å²) in [5.41, 5.74) is 0.738. The smallest absolute Gasteiger partial charge is 0.258 e. The summed E-state index contributed by atoms with van der Waals surface area (Å²) in [5.74, 6) is -0.298. The molecule has 0 saturated carbocycles. The van der Waals surface area contributed by atoms with Crippen LogP contribution in [0.25, 0.3) is 23.0 Å². The molecule has 0 aliphatic heterocycles. The molecule has 0 bridgehead atoms. The number of ether oxygens (including phenoxy) is 1. The lowest BCUT2D eigenvalue weighted by molar-refractivity contribution is 0.409. The van der Waals surface area contributed by atoms with Crippen LogP contribution in [-0.4, -0.2) is 22.2 Å². The van der Waals surface area contributed by atoms with Crippen LogP contribution < -0.4 is 4.74 Å². The van der Waals surface area contributed by atoms with Crippen molar-refractivity contribution in [1.82, 2.24) is 15.1 Å². The fourth-order valence-corrected chi connectivity index (χ4v) is 1.76. The summed E-state index contributed by atoms with van der Waals surface area (Å²) in [6, 6.07) is 6.72. The van der Waals surface area contributed by atoms with E-state index in [0.29, 0.717) is 17.0 Å². The molecule has 7 heteroatoms. The molecule has 0 unspecified atom stereocenters. The van der Waals surface area contributed by atoms with Crippen LogP contribution >= 0.6 is 0 Å². The van der Waals surface area contributed by atoms with Crippen molar-refractivity contribution >= 4 is 0 Å². The summed E-state index contributed by atoms with van der Waals surface area (Å²) >= 11 is 0. The van der Waals surface area contributed by atoms with E-state index in [0.717, 1.165) is 6.20 Å². The van der Waals surface area contributed by atoms with Gasteiger partial charge in [-0.3, -0.25) is 0 Å². The van der Waals surface area contributed by atoms with Crippen molar-refractivity contribution in [2.24, 2.45) is 0 Å². The number of halogens is 2. The molecule has 0 aliphatic carbocycles. The number of methoxy groups -OCH3 is 1. The van der Waals surface area contributed by atoms with Crippen molar-refractivity contribution in [3.63, 3.8) is 0 Å². The Morgan fingerprint density at radius 2 is 1.95 bits per heavy atom. The molecule has 0 spiro atoms. The van der Waals surface area contributed by atoms with E-state index in [2.05, 4.69) is 15.1 Å². The number of rotatable bonds is 3. The van der Waals surface area contributed by atoms with E-state index < -0.39 is 11.6 Å². The predicted octanol–water partition coefficient (Wildman–Crippen LogP) is 3.09. The molecule has 0 amide bonds. The Balaban J connectivity index is 1.98. The van der Waals surface area contributed by atoms with Crippen molar-refractivity contribution in [3.05, 3.63) is 48.2 Å². The van der Waals surface area contributed by atoms with Crippen LogP contribution in [0.2, 0.25) is 0 Å². The fraction of sp³-hybridized carbons (Fsp3) is 0.0714. The molecule has 3 aromatic rings. The molecule has 0 radical (unpaired) electrons. The quantitative estimate of drug-likeness (QED) is 0.741. The van der Waals surface area contributed by atoms with Gasteiger partial charge < -0.3 is 9.26 Å². The first-order valence-corrected chi connectivity index (χ1v) is 5.96. The molecule has 0 fully saturated rings. The zero-order valence-corrected chi connectivity index (χ0v) is 10.9. The lowest BCUT2D eigenvalue weighted by Crippen LogP contribution is -1.88. The van der Waals surface area contributed by atoms with Crippen LogP contribution in [0.4, 0.5) is 8.78 Å². The second kappa shape index (κ2) is 5.28. The standard InChI is InChI=1S/C14H9F2N3O2/c1-20-11-5-8(4-10(16)6-11)14-18-13(19-21-14)12-3-2-9(15)7-17-12/h2-7H,1H3. The minimum absolute atomic E-state index is 0.119. The Morgan fingerprint density at radius 1 is 1.10 bits per heavy atom. The molecule has 0 atom stereocenters. The summed E-state index contributed by atoms with van der Waals surface area (Å²) in [6.45, 7) is 0. The molecule has 0 saturated heterocycles. The Labute approximate surface area is 118 Å². The highest BCUT2D eigenvalue weighted by atomic mass is 19.1. The van der Waals surface area contributed by atoms with Crippen LogP contribution in [0.15, 0.2) is 41.1 Å². The number of hydrogen-bond acceptors (Lipinski definition) is 5. The normalized spacial score (nSPS) is 10.6. The van der Waals surface area contributed by atoms with Gasteiger partial charge in [-0.05, 0) is 24.3 Å². The van der Waals surface area contributed by atoms with Gasteiger partial charge in [0.2, 0.25) is 5.82 Å². The highest BCUT2D eigenvalue weighted by Gasteiger charge is 2.13. The average Bonchev–Trinajstić information content (AvgIpc) is 2.97. The van der Waals surface area contributed by atoms with Gasteiger partial charge in [-0.15, -0.1) is 0 Å². The third kappa shape index (κ3) is 2.71. The molecule has 2 heterocycles. The van der Waals surface area contributed by atoms with Crippen LogP contribution in [-0.2, 0) is 0 Å². The lowest BCUT2D eigenvalue weighted by atomic mass is 10.2. The Hall–Kier alpha value is -2.83. The molecule has 3 rings (SSSR count). The maximum Gasteiger partial charge on any atom is 0.258 e. The van der Waals surface area contributed by atoms with E-state index in [9.17, 15) is 8.78 Å². The zero-order valence-electron chi connectivity index (χ0n) is 10.9. The van der Waals surface area contributed by atoms with Gasteiger partial charge in [-0.25, -0.2) is 13.8 Å². The molecule has 0 N–H and O–H groups in total. The van der Waals surface area contributed by atoms with Crippen molar-refractivity contribution in [3.8, 4) is 28.7 Å². The molecular formula is C14H9F2N3O2. The SMILES string of the molecule is COc1cc(F)cc(-c2nc(-c3ccc(F)cn3)no2)c1. The van der Waals surface area contributed by atoms with Gasteiger partial charge in [0.05, 0.1) is 13.3 Å². The topological polar surface area (TPSA) is 61.0 Å². The molecule has 1 aromatic carbocycles. The van der Waals surface area contributed by atoms with E-state index in [1.165, 1.54) is 31.4 Å². The molecule has 106 valence electrons. The number of aromatic nitrogens is 3. The summed E-state index contributed by atoms with van der Waals surface area (Å²) in [4.78, 5) is 7.96. The molecule has 0 aliphatic rings. The van der Waals surface area contributed by atoms with Gasteiger partial charge in [0, 0.05) is 11.6 Å². The first-order chi connectivity index (χ1) is 10.2. The predicted molar refractivity (Wildman–Crippen MR) is 69.4 cm³/mol. The van der Waals surface area contributed by atoms with Gasteiger partial charge >= 0.3 is 0 Å². The molecule has 21 heavy (non-hydrogen) atoms. The maximum absolute atomic E-state index is 13.5. The maximum atomic E-state index is 13.5. The van der Waals surface area contributed by atoms with Crippen molar-refractivity contribution < 1.29 is 18.0 Å². The van der Waals surface area contributed by atoms with Gasteiger partial charge in [0.15, 0.2) is 0 Å². The van der Waals surface area contributed by atoms with Crippen molar-refractivity contribution in [2.45, 2.75) is 0 Å². The van der Waals surface area contributed by atoms with Gasteiger partial charge in [0.25, 0.3) is 5.89 Å².